The molecule has 2 aromatic rings. The first-order valence-corrected chi connectivity index (χ1v) is 13.6. The molecule has 198 valence electrons. The van der Waals surface area contributed by atoms with Crippen molar-refractivity contribution in [2.45, 2.75) is 47.4 Å². The van der Waals surface area contributed by atoms with Crippen LogP contribution in [0.4, 0.5) is 0 Å². The van der Waals surface area contributed by atoms with Crippen LogP contribution in [0.15, 0.2) is 24.3 Å². The van der Waals surface area contributed by atoms with E-state index in [9.17, 15) is 14.7 Å². The minimum atomic E-state index is -2.07. The van der Waals surface area contributed by atoms with E-state index < -0.39 is 20.4 Å². The molecule has 0 bridgehead atoms. The molecule has 2 N–H and O–H groups in total. The Bertz CT molecular complexity index is 935. The summed E-state index contributed by atoms with van der Waals surface area (Å²) >= 11 is 0. The lowest BCUT2D eigenvalue weighted by molar-refractivity contribution is -0.00626. The zero-order valence-electron chi connectivity index (χ0n) is 22.2. The van der Waals surface area contributed by atoms with Gasteiger partial charge in [0.25, 0.3) is 0 Å². The third-order valence-electron chi connectivity index (χ3n) is 5.81. The SMILES string of the molecule is Cc1cc(C)c(C(=O)P(C(=O)c2c(C)cc(C)cc2C)C(CO)OCCOCCOCCO)c(C)c1. The third-order valence-corrected chi connectivity index (χ3v) is 8.02. The Kier molecular flexibility index (Phi) is 12.3. The maximum absolute atomic E-state index is 14.0. The van der Waals surface area contributed by atoms with Crippen LogP contribution in [0, 0.1) is 41.5 Å². The summed E-state index contributed by atoms with van der Waals surface area (Å²) in [6.45, 7) is 12.1. The van der Waals surface area contributed by atoms with Gasteiger partial charge >= 0.3 is 0 Å². The van der Waals surface area contributed by atoms with E-state index in [2.05, 4.69) is 0 Å². The first kappa shape index (κ1) is 30.2. The van der Waals surface area contributed by atoms with Crippen LogP contribution < -0.4 is 0 Å². The monoisotopic (exact) mass is 518 g/mol. The molecule has 0 aliphatic heterocycles. The number of rotatable bonds is 15. The molecule has 0 heterocycles. The molecule has 0 amide bonds. The second-order valence-corrected chi connectivity index (χ2v) is 11.1. The highest BCUT2D eigenvalue weighted by molar-refractivity contribution is 7.90. The molecule has 0 saturated heterocycles. The highest BCUT2D eigenvalue weighted by Gasteiger charge is 2.38. The quantitative estimate of drug-likeness (QED) is 0.267. The van der Waals surface area contributed by atoms with Gasteiger partial charge in [-0.2, -0.15) is 0 Å². The Labute approximate surface area is 215 Å². The van der Waals surface area contributed by atoms with Crippen LogP contribution in [0.5, 0.6) is 0 Å². The van der Waals surface area contributed by atoms with E-state index in [1.807, 2.05) is 65.8 Å². The minimum absolute atomic E-state index is 0.0488. The molecular formula is C28H39O7P. The van der Waals surface area contributed by atoms with Crippen LogP contribution in [-0.2, 0) is 14.2 Å². The Morgan fingerprint density at radius 1 is 0.694 bits per heavy atom. The van der Waals surface area contributed by atoms with Gasteiger partial charge in [-0.3, -0.25) is 9.59 Å². The van der Waals surface area contributed by atoms with Gasteiger partial charge in [-0.1, -0.05) is 35.4 Å². The summed E-state index contributed by atoms with van der Waals surface area (Å²) in [5, 5.41) is 19.0. The van der Waals surface area contributed by atoms with Gasteiger partial charge in [0.05, 0.1) is 54.2 Å². The highest BCUT2D eigenvalue weighted by Crippen LogP contribution is 2.50. The summed E-state index contributed by atoms with van der Waals surface area (Å²) in [7, 11) is -2.07. The normalized spacial score (nSPS) is 12.2. The summed E-state index contributed by atoms with van der Waals surface area (Å²) in [4.78, 5) is 28.0. The van der Waals surface area contributed by atoms with E-state index in [1.54, 1.807) is 0 Å². The van der Waals surface area contributed by atoms with Gasteiger partial charge in [-0.25, -0.2) is 0 Å². The predicted octanol–water partition coefficient (Wildman–Crippen LogP) is 4.36. The first-order valence-electron chi connectivity index (χ1n) is 12.1. The fraction of sp³-hybridized carbons (Fsp3) is 0.500. The van der Waals surface area contributed by atoms with E-state index >= 15 is 0 Å². The molecular weight excluding hydrogens is 479 g/mol. The van der Waals surface area contributed by atoms with Crippen molar-refractivity contribution in [1.29, 1.82) is 0 Å². The molecule has 0 saturated carbocycles. The number of benzene rings is 2. The molecule has 1 unspecified atom stereocenters. The largest absolute Gasteiger partial charge is 0.394 e. The van der Waals surface area contributed by atoms with Crippen LogP contribution in [0.1, 0.15) is 54.1 Å². The Hall–Kier alpha value is -1.99. The number of hydrogen-bond donors (Lipinski definition) is 2. The number of ether oxygens (including phenoxy) is 3. The summed E-state index contributed by atoms with van der Waals surface area (Å²) in [5.41, 5.74) is 5.74. The van der Waals surface area contributed by atoms with Gasteiger partial charge < -0.3 is 24.4 Å². The van der Waals surface area contributed by atoms with Gasteiger partial charge in [-0.05, 0) is 63.8 Å². The third kappa shape index (κ3) is 8.01. The molecule has 0 aliphatic rings. The van der Waals surface area contributed by atoms with E-state index in [0.29, 0.717) is 24.3 Å². The van der Waals surface area contributed by atoms with Crippen molar-refractivity contribution in [2.24, 2.45) is 0 Å². The first-order chi connectivity index (χ1) is 17.1. The van der Waals surface area contributed by atoms with Gasteiger partial charge in [0, 0.05) is 11.1 Å². The van der Waals surface area contributed by atoms with Crippen LogP contribution in [0.25, 0.3) is 0 Å². The van der Waals surface area contributed by atoms with Crippen LogP contribution in [0.2, 0.25) is 0 Å². The summed E-state index contributed by atoms with van der Waals surface area (Å²) in [6, 6.07) is 7.73. The Morgan fingerprint density at radius 2 is 1.08 bits per heavy atom. The second-order valence-electron chi connectivity index (χ2n) is 8.98. The molecule has 7 nitrogen and oxygen atoms in total. The molecule has 0 spiro atoms. The van der Waals surface area contributed by atoms with Gasteiger partial charge in [-0.15, -0.1) is 0 Å². The average molecular weight is 519 g/mol. The fourth-order valence-corrected chi connectivity index (χ4v) is 6.78. The van der Waals surface area contributed by atoms with Crippen LogP contribution in [-0.4, -0.2) is 73.4 Å². The minimum Gasteiger partial charge on any atom is -0.394 e. The molecule has 36 heavy (non-hydrogen) atoms. The second kappa shape index (κ2) is 14.7. The molecule has 1 atom stereocenters. The molecule has 0 aliphatic carbocycles. The predicted molar refractivity (Wildman–Crippen MR) is 142 cm³/mol. The molecule has 2 aromatic carbocycles. The fourth-order valence-electron chi connectivity index (χ4n) is 4.47. The zero-order valence-corrected chi connectivity index (χ0v) is 23.1. The molecule has 8 heteroatoms. The Balaban J connectivity index is 2.34. The highest BCUT2D eigenvalue weighted by atomic mass is 31.1. The average Bonchev–Trinajstić information content (AvgIpc) is 2.78. The van der Waals surface area contributed by atoms with Crippen molar-refractivity contribution in [3.8, 4) is 0 Å². The van der Waals surface area contributed by atoms with Gasteiger partial charge in [0.2, 0.25) is 0 Å². The lowest BCUT2D eigenvalue weighted by Crippen LogP contribution is -2.26. The van der Waals surface area contributed by atoms with Crippen molar-refractivity contribution in [3.05, 3.63) is 68.8 Å². The van der Waals surface area contributed by atoms with Crippen molar-refractivity contribution in [2.75, 3.05) is 46.2 Å². The standard InChI is InChI=1S/C28H39O7P/c1-18-13-20(3)25(21(4)14-18)27(31)36(28(32)26-22(5)15-19(2)16-23(26)6)24(17-30)35-12-11-34-10-9-33-8-7-29/h13-16,24,29-30H,7-12,17H2,1-6H3. The molecule has 0 aromatic heterocycles. The summed E-state index contributed by atoms with van der Waals surface area (Å²) < 4.78 is 16.5. The van der Waals surface area contributed by atoms with Crippen molar-refractivity contribution >= 4 is 19.0 Å². The molecule has 0 radical (unpaired) electrons. The van der Waals surface area contributed by atoms with E-state index in [0.717, 1.165) is 33.4 Å². The Morgan fingerprint density at radius 3 is 1.47 bits per heavy atom. The summed E-state index contributed by atoms with van der Waals surface area (Å²) in [6.07, 6.45) is 0. The van der Waals surface area contributed by atoms with Gasteiger partial charge in [0.1, 0.15) is 5.85 Å². The van der Waals surface area contributed by atoms with E-state index in [-0.39, 0.29) is 37.5 Å². The topological polar surface area (TPSA) is 102 Å². The number of hydrogen-bond acceptors (Lipinski definition) is 7. The van der Waals surface area contributed by atoms with Crippen LogP contribution in [0.3, 0.4) is 0 Å². The molecule has 2 rings (SSSR count). The van der Waals surface area contributed by atoms with Gasteiger partial charge in [0.15, 0.2) is 11.0 Å². The maximum atomic E-state index is 14.0. The van der Waals surface area contributed by atoms with E-state index in [1.165, 1.54) is 0 Å². The van der Waals surface area contributed by atoms with Crippen molar-refractivity contribution < 1.29 is 34.0 Å². The van der Waals surface area contributed by atoms with Crippen molar-refractivity contribution in [3.63, 3.8) is 0 Å². The zero-order chi connectivity index (χ0) is 26.8. The number of carbonyl (C=O) groups is 2. The lowest BCUT2D eigenvalue weighted by Gasteiger charge is -2.26. The number of aryl methyl sites for hydroxylation is 6. The number of aliphatic hydroxyl groups excluding tert-OH is 2. The molecule has 0 fully saturated rings. The smallest absolute Gasteiger partial charge is 0.195 e. The number of carbonyl (C=O) groups excluding carboxylic acids is 2. The van der Waals surface area contributed by atoms with Crippen molar-refractivity contribution in [1.82, 2.24) is 0 Å². The summed E-state index contributed by atoms with van der Waals surface area (Å²) in [5.74, 6) is -0.963. The van der Waals surface area contributed by atoms with E-state index in [4.69, 9.17) is 19.3 Å². The van der Waals surface area contributed by atoms with Crippen LogP contribution >= 0.6 is 7.92 Å². The maximum Gasteiger partial charge on any atom is 0.195 e. The lowest BCUT2D eigenvalue weighted by atomic mass is 10.0. The number of aliphatic hydroxyl groups is 2.